The van der Waals surface area contributed by atoms with Crippen LogP contribution in [0, 0.1) is 0 Å². The molecule has 4 aromatic rings. The number of aromatic nitrogens is 4. The molecule has 3 atom stereocenters. The summed E-state index contributed by atoms with van der Waals surface area (Å²) in [5.41, 5.74) is 9.67. The fourth-order valence-electron chi connectivity index (χ4n) is 4.53. The first kappa shape index (κ1) is 21.8. The topological polar surface area (TPSA) is 90.8 Å². The molecule has 8 nitrogen and oxygen atoms in total. The normalized spacial score (nSPS) is 18.7. The van der Waals surface area contributed by atoms with E-state index in [1.54, 1.807) is 7.11 Å². The van der Waals surface area contributed by atoms with E-state index in [2.05, 4.69) is 34.3 Å². The number of fused-ring (bicyclic) bond motifs is 2. The summed E-state index contributed by atoms with van der Waals surface area (Å²) in [6.45, 7) is 6.65. The van der Waals surface area contributed by atoms with E-state index in [0.29, 0.717) is 12.4 Å². The van der Waals surface area contributed by atoms with Crippen molar-refractivity contribution < 1.29 is 9.47 Å². The number of benzene rings is 1. The van der Waals surface area contributed by atoms with E-state index in [-0.39, 0.29) is 18.2 Å². The summed E-state index contributed by atoms with van der Waals surface area (Å²) in [5, 5.41) is 9.84. The number of methoxy groups -OCH3 is 1. The summed E-state index contributed by atoms with van der Waals surface area (Å²) >= 11 is 0. The standard InChI is InChI=1S/C25H30N6O2/c1-16(15-32-3)33-22-6-4-5-18-7-9-21(27-24(18)22)25-29-28-23-10-8-19(13-31(23)25)17(2)30-12-11-20(26)14-30/h4-10,13,16-17,20H,11-12,14-15,26H2,1-3H3/t16?,17-,20-/m0/s1. The second-order valence-electron chi connectivity index (χ2n) is 8.84. The Labute approximate surface area is 193 Å². The zero-order chi connectivity index (χ0) is 22.9. The molecule has 1 aromatic carbocycles. The van der Waals surface area contributed by atoms with Crippen LogP contribution < -0.4 is 10.5 Å². The zero-order valence-corrected chi connectivity index (χ0v) is 19.3. The molecule has 0 radical (unpaired) electrons. The molecule has 1 aliphatic rings. The Bertz CT molecular complexity index is 1270. The summed E-state index contributed by atoms with van der Waals surface area (Å²) in [6, 6.07) is 14.6. The molecule has 1 aliphatic heterocycles. The van der Waals surface area contributed by atoms with Crippen LogP contribution in [0.25, 0.3) is 28.1 Å². The van der Waals surface area contributed by atoms with Gasteiger partial charge in [-0.15, -0.1) is 10.2 Å². The minimum atomic E-state index is -0.0808. The summed E-state index contributed by atoms with van der Waals surface area (Å²) in [7, 11) is 1.67. The highest BCUT2D eigenvalue weighted by Gasteiger charge is 2.25. The fraction of sp³-hybridized carbons (Fsp3) is 0.400. The lowest BCUT2D eigenvalue weighted by Gasteiger charge is -2.24. The molecule has 4 heterocycles. The summed E-state index contributed by atoms with van der Waals surface area (Å²) < 4.78 is 13.3. The predicted molar refractivity (Wildman–Crippen MR) is 128 cm³/mol. The van der Waals surface area contributed by atoms with E-state index in [1.165, 1.54) is 5.56 Å². The van der Waals surface area contributed by atoms with Gasteiger partial charge >= 0.3 is 0 Å². The Morgan fingerprint density at radius 3 is 2.79 bits per heavy atom. The average Bonchev–Trinajstić information content (AvgIpc) is 3.44. The number of hydrogen-bond acceptors (Lipinski definition) is 7. The van der Waals surface area contributed by atoms with Crippen LogP contribution >= 0.6 is 0 Å². The number of para-hydroxylation sites is 1. The minimum absolute atomic E-state index is 0.0808. The molecule has 0 saturated carbocycles. The van der Waals surface area contributed by atoms with E-state index in [9.17, 15) is 0 Å². The van der Waals surface area contributed by atoms with Crippen molar-refractivity contribution in [2.24, 2.45) is 5.73 Å². The number of ether oxygens (including phenoxy) is 2. The Balaban J connectivity index is 1.52. The van der Waals surface area contributed by atoms with Crippen molar-refractivity contribution in [1.29, 1.82) is 0 Å². The molecule has 33 heavy (non-hydrogen) atoms. The molecule has 0 aliphatic carbocycles. The monoisotopic (exact) mass is 446 g/mol. The Morgan fingerprint density at radius 1 is 1.12 bits per heavy atom. The van der Waals surface area contributed by atoms with Crippen LogP contribution in [0.2, 0.25) is 0 Å². The van der Waals surface area contributed by atoms with Gasteiger partial charge in [0.25, 0.3) is 0 Å². The predicted octanol–water partition coefficient (Wildman–Crippen LogP) is 3.45. The van der Waals surface area contributed by atoms with Gasteiger partial charge in [-0.1, -0.05) is 24.3 Å². The summed E-state index contributed by atoms with van der Waals surface area (Å²) in [4.78, 5) is 7.35. The molecule has 0 spiro atoms. The first-order valence-electron chi connectivity index (χ1n) is 11.4. The highest BCUT2D eigenvalue weighted by molar-refractivity contribution is 5.86. The summed E-state index contributed by atoms with van der Waals surface area (Å²) in [5.74, 6) is 1.44. The third-order valence-corrected chi connectivity index (χ3v) is 6.35. The molecular formula is C25H30N6O2. The van der Waals surface area contributed by atoms with Crippen LogP contribution in [-0.4, -0.2) is 63.4 Å². The number of likely N-dealkylation sites (tertiary alicyclic amines) is 1. The maximum absolute atomic E-state index is 6.13. The van der Waals surface area contributed by atoms with Crippen LogP contribution in [0.4, 0.5) is 0 Å². The van der Waals surface area contributed by atoms with Crippen LogP contribution in [0.15, 0.2) is 48.7 Å². The highest BCUT2D eigenvalue weighted by Crippen LogP contribution is 2.29. The van der Waals surface area contributed by atoms with Crippen molar-refractivity contribution in [2.75, 3.05) is 26.8 Å². The lowest BCUT2D eigenvalue weighted by atomic mass is 10.1. The van der Waals surface area contributed by atoms with Gasteiger partial charge in [0.15, 0.2) is 11.5 Å². The SMILES string of the molecule is COCC(C)Oc1cccc2ccc(-c3nnc4ccc([C@H](C)N5CC[C@H](N)C5)cn34)nc12. The molecule has 1 unspecified atom stereocenters. The van der Waals surface area contributed by atoms with Crippen molar-refractivity contribution >= 4 is 16.6 Å². The molecule has 2 N–H and O–H groups in total. The van der Waals surface area contributed by atoms with Gasteiger partial charge in [0, 0.05) is 43.9 Å². The van der Waals surface area contributed by atoms with Gasteiger partial charge in [-0.25, -0.2) is 4.98 Å². The van der Waals surface area contributed by atoms with E-state index >= 15 is 0 Å². The second-order valence-corrected chi connectivity index (χ2v) is 8.84. The van der Waals surface area contributed by atoms with E-state index in [1.807, 2.05) is 47.7 Å². The average molecular weight is 447 g/mol. The summed E-state index contributed by atoms with van der Waals surface area (Å²) in [6.07, 6.45) is 3.08. The van der Waals surface area contributed by atoms with Crippen LogP contribution in [0.1, 0.15) is 31.9 Å². The molecule has 0 bridgehead atoms. The smallest absolute Gasteiger partial charge is 0.187 e. The first-order chi connectivity index (χ1) is 16.0. The molecule has 3 aromatic heterocycles. The molecule has 1 fully saturated rings. The van der Waals surface area contributed by atoms with E-state index < -0.39 is 0 Å². The fourth-order valence-corrected chi connectivity index (χ4v) is 4.53. The molecule has 8 heteroatoms. The maximum Gasteiger partial charge on any atom is 0.187 e. The molecule has 5 rings (SSSR count). The number of hydrogen-bond donors (Lipinski definition) is 1. The van der Waals surface area contributed by atoms with Crippen molar-refractivity contribution in [3.8, 4) is 17.3 Å². The van der Waals surface area contributed by atoms with Gasteiger partial charge in [0.1, 0.15) is 23.1 Å². The van der Waals surface area contributed by atoms with Gasteiger partial charge in [0.05, 0.1) is 6.61 Å². The van der Waals surface area contributed by atoms with Gasteiger partial charge in [-0.2, -0.15) is 0 Å². The van der Waals surface area contributed by atoms with Crippen LogP contribution in [0.3, 0.4) is 0 Å². The first-order valence-corrected chi connectivity index (χ1v) is 11.4. The second kappa shape index (κ2) is 9.05. The van der Waals surface area contributed by atoms with Crippen LogP contribution in [-0.2, 0) is 4.74 Å². The van der Waals surface area contributed by atoms with E-state index in [4.69, 9.17) is 20.2 Å². The molecule has 172 valence electrons. The van der Waals surface area contributed by atoms with Crippen molar-refractivity contribution in [3.63, 3.8) is 0 Å². The van der Waals surface area contributed by atoms with Crippen molar-refractivity contribution in [3.05, 3.63) is 54.2 Å². The Hall–Kier alpha value is -3.07. The number of pyridine rings is 2. The Morgan fingerprint density at radius 2 is 2.00 bits per heavy atom. The number of nitrogens with two attached hydrogens (primary N) is 1. The van der Waals surface area contributed by atoms with Gasteiger partial charge < -0.3 is 15.2 Å². The minimum Gasteiger partial charge on any atom is -0.486 e. The lowest BCUT2D eigenvalue weighted by Crippen LogP contribution is -2.28. The third kappa shape index (κ3) is 4.29. The Kier molecular flexibility index (Phi) is 5.97. The highest BCUT2D eigenvalue weighted by atomic mass is 16.5. The largest absolute Gasteiger partial charge is 0.486 e. The number of nitrogens with zero attached hydrogens (tertiary/aromatic N) is 5. The third-order valence-electron chi connectivity index (χ3n) is 6.35. The number of rotatable bonds is 7. The van der Waals surface area contributed by atoms with Gasteiger partial charge in [0.2, 0.25) is 0 Å². The quantitative estimate of drug-likeness (QED) is 0.465. The lowest BCUT2D eigenvalue weighted by molar-refractivity contribution is 0.0930. The molecular weight excluding hydrogens is 416 g/mol. The van der Waals surface area contributed by atoms with Crippen molar-refractivity contribution in [1.82, 2.24) is 24.5 Å². The maximum atomic E-state index is 6.13. The zero-order valence-electron chi connectivity index (χ0n) is 19.3. The van der Waals surface area contributed by atoms with Gasteiger partial charge in [-0.05, 0) is 44.0 Å². The van der Waals surface area contributed by atoms with Crippen molar-refractivity contribution in [2.45, 2.75) is 38.5 Å². The molecule has 1 saturated heterocycles. The van der Waals surface area contributed by atoms with E-state index in [0.717, 1.165) is 47.5 Å². The van der Waals surface area contributed by atoms with Gasteiger partial charge in [-0.3, -0.25) is 9.30 Å². The molecule has 0 amide bonds. The van der Waals surface area contributed by atoms with Crippen LogP contribution in [0.5, 0.6) is 5.75 Å².